The molecular weight excluding hydrogens is 228 g/mol. The zero-order chi connectivity index (χ0) is 13.1. The van der Waals surface area contributed by atoms with E-state index in [-0.39, 0.29) is 12.1 Å². The maximum absolute atomic E-state index is 12.0. The Kier molecular flexibility index (Phi) is 3.84. The summed E-state index contributed by atoms with van der Waals surface area (Å²) >= 11 is 0. The molecule has 1 atom stereocenters. The summed E-state index contributed by atoms with van der Waals surface area (Å²) in [6.45, 7) is 7.84. The van der Waals surface area contributed by atoms with Crippen LogP contribution in [0.1, 0.15) is 37.6 Å². The number of hydrogen-bond donors (Lipinski definition) is 0. The Morgan fingerprint density at radius 3 is 2.94 bits per heavy atom. The van der Waals surface area contributed by atoms with Crippen LogP contribution in [0.15, 0.2) is 18.3 Å². The summed E-state index contributed by atoms with van der Waals surface area (Å²) in [5.74, 6) is 1.13. The lowest BCUT2D eigenvalue weighted by molar-refractivity contribution is 0.0378. The molecule has 0 saturated carbocycles. The van der Waals surface area contributed by atoms with Gasteiger partial charge in [0.15, 0.2) is 0 Å². The van der Waals surface area contributed by atoms with Crippen LogP contribution in [-0.4, -0.2) is 30.1 Å². The quantitative estimate of drug-likeness (QED) is 0.771. The van der Waals surface area contributed by atoms with E-state index in [0.717, 1.165) is 25.3 Å². The molecule has 0 radical (unpaired) electrons. The number of rotatable bonds is 3. The van der Waals surface area contributed by atoms with Crippen molar-refractivity contribution in [2.24, 2.45) is 5.92 Å². The molecule has 1 aliphatic heterocycles. The van der Waals surface area contributed by atoms with Crippen molar-refractivity contribution >= 4 is 11.8 Å². The zero-order valence-corrected chi connectivity index (χ0v) is 11.2. The fourth-order valence-corrected chi connectivity index (χ4v) is 2.21. The van der Waals surface area contributed by atoms with E-state index in [2.05, 4.69) is 16.8 Å². The number of esters is 1. The van der Waals surface area contributed by atoms with Gasteiger partial charge in [-0.3, -0.25) is 0 Å². The van der Waals surface area contributed by atoms with E-state index in [9.17, 15) is 4.79 Å². The minimum atomic E-state index is -0.285. The first-order valence-electron chi connectivity index (χ1n) is 6.49. The molecule has 98 valence electrons. The lowest BCUT2D eigenvalue weighted by Gasteiger charge is -2.20. The van der Waals surface area contributed by atoms with Gasteiger partial charge in [0, 0.05) is 19.3 Å². The first-order valence-corrected chi connectivity index (χ1v) is 6.49. The summed E-state index contributed by atoms with van der Waals surface area (Å²) in [6.07, 6.45) is 2.77. The van der Waals surface area contributed by atoms with Crippen molar-refractivity contribution < 1.29 is 9.53 Å². The van der Waals surface area contributed by atoms with E-state index in [1.165, 1.54) is 0 Å². The van der Waals surface area contributed by atoms with Crippen LogP contribution < -0.4 is 4.90 Å². The van der Waals surface area contributed by atoms with Crippen molar-refractivity contribution in [1.82, 2.24) is 4.98 Å². The maximum atomic E-state index is 12.0. The molecule has 2 heterocycles. The Labute approximate surface area is 108 Å². The molecule has 1 aromatic rings. The summed E-state index contributed by atoms with van der Waals surface area (Å²) in [7, 11) is 0. The van der Waals surface area contributed by atoms with Crippen molar-refractivity contribution in [2.75, 3.05) is 18.0 Å². The van der Waals surface area contributed by atoms with E-state index in [1.54, 1.807) is 18.3 Å². The Bertz CT molecular complexity index is 432. The second-order valence-corrected chi connectivity index (χ2v) is 5.17. The summed E-state index contributed by atoms with van der Waals surface area (Å²) in [4.78, 5) is 18.5. The van der Waals surface area contributed by atoms with Gasteiger partial charge in [0.25, 0.3) is 0 Å². The van der Waals surface area contributed by atoms with E-state index >= 15 is 0 Å². The predicted octanol–water partition coefficient (Wildman–Crippen LogP) is 2.49. The molecule has 18 heavy (non-hydrogen) atoms. The van der Waals surface area contributed by atoms with Crippen molar-refractivity contribution in [2.45, 2.75) is 33.3 Å². The number of pyridine rings is 1. The molecule has 1 fully saturated rings. The smallest absolute Gasteiger partial charge is 0.342 e. The molecule has 1 aliphatic rings. The molecule has 4 nitrogen and oxygen atoms in total. The number of carbonyl (C=O) groups excluding carboxylic acids is 1. The highest BCUT2D eigenvalue weighted by molar-refractivity contribution is 5.94. The fourth-order valence-electron chi connectivity index (χ4n) is 2.21. The summed E-state index contributed by atoms with van der Waals surface area (Å²) in [5, 5.41) is 0. The Hall–Kier alpha value is -1.58. The Morgan fingerprint density at radius 1 is 1.56 bits per heavy atom. The molecule has 1 saturated heterocycles. The van der Waals surface area contributed by atoms with Crippen molar-refractivity contribution in [1.29, 1.82) is 0 Å². The van der Waals surface area contributed by atoms with Gasteiger partial charge in [-0.1, -0.05) is 6.92 Å². The summed E-state index contributed by atoms with van der Waals surface area (Å²) in [6, 6.07) is 3.57. The predicted molar refractivity (Wildman–Crippen MR) is 70.8 cm³/mol. The first kappa shape index (κ1) is 12.9. The Balaban J connectivity index is 2.22. The third-order valence-corrected chi connectivity index (χ3v) is 3.07. The fraction of sp³-hybridized carbons (Fsp3) is 0.571. The molecule has 0 spiro atoms. The van der Waals surface area contributed by atoms with Crippen LogP contribution in [-0.2, 0) is 4.74 Å². The number of ether oxygens (including phenoxy) is 1. The Morgan fingerprint density at radius 2 is 2.33 bits per heavy atom. The molecule has 0 amide bonds. The first-order chi connectivity index (χ1) is 8.58. The van der Waals surface area contributed by atoms with Gasteiger partial charge >= 0.3 is 5.97 Å². The maximum Gasteiger partial charge on any atom is 0.342 e. The largest absolute Gasteiger partial charge is 0.459 e. The molecule has 1 unspecified atom stereocenters. The average molecular weight is 248 g/mol. The highest BCUT2D eigenvalue weighted by Gasteiger charge is 2.25. The van der Waals surface area contributed by atoms with Gasteiger partial charge in [0.1, 0.15) is 11.4 Å². The summed E-state index contributed by atoms with van der Waals surface area (Å²) < 4.78 is 5.26. The lowest BCUT2D eigenvalue weighted by Crippen LogP contribution is -2.24. The van der Waals surface area contributed by atoms with Crippen molar-refractivity contribution in [3.05, 3.63) is 23.9 Å². The van der Waals surface area contributed by atoms with E-state index in [0.29, 0.717) is 11.5 Å². The third-order valence-electron chi connectivity index (χ3n) is 3.07. The minimum Gasteiger partial charge on any atom is -0.459 e. The van der Waals surface area contributed by atoms with E-state index in [4.69, 9.17) is 4.74 Å². The molecular formula is C14H20N2O2. The number of aromatic nitrogens is 1. The van der Waals surface area contributed by atoms with Gasteiger partial charge in [-0.2, -0.15) is 0 Å². The van der Waals surface area contributed by atoms with Gasteiger partial charge in [-0.05, 0) is 38.3 Å². The molecule has 0 bridgehead atoms. The van der Waals surface area contributed by atoms with E-state index in [1.807, 2.05) is 13.8 Å². The van der Waals surface area contributed by atoms with Crippen LogP contribution >= 0.6 is 0 Å². The van der Waals surface area contributed by atoms with Crippen LogP contribution in [0.25, 0.3) is 0 Å². The topological polar surface area (TPSA) is 42.4 Å². The molecule has 1 aromatic heterocycles. The van der Waals surface area contributed by atoms with Gasteiger partial charge in [-0.15, -0.1) is 0 Å². The normalized spacial score (nSPS) is 19.3. The van der Waals surface area contributed by atoms with Gasteiger partial charge in [0.05, 0.1) is 6.10 Å². The molecule has 4 heteroatoms. The molecule has 0 aliphatic carbocycles. The van der Waals surface area contributed by atoms with Crippen LogP contribution in [0.5, 0.6) is 0 Å². The van der Waals surface area contributed by atoms with Gasteiger partial charge in [0.2, 0.25) is 0 Å². The van der Waals surface area contributed by atoms with Gasteiger partial charge in [-0.25, -0.2) is 9.78 Å². The highest BCUT2D eigenvalue weighted by Crippen LogP contribution is 2.25. The number of carbonyl (C=O) groups is 1. The SMILES string of the molecule is CC1CCN(c2ncccc2C(=O)OC(C)C)C1. The van der Waals surface area contributed by atoms with E-state index < -0.39 is 0 Å². The highest BCUT2D eigenvalue weighted by atomic mass is 16.5. The average Bonchev–Trinajstić information content (AvgIpc) is 2.75. The van der Waals surface area contributed by atoms with Gasteiger partial charge < -0.3 is 9.64 Å². The van der Waals surface area contributed by atoms with Crippen molar-refractivity contribution in [3.63, 3.8) is 0 Å². The second kappa shape index (κ2) is 5.38. The standard InChI is InChI=1S/C14H20N2O2/c1-10(2)18-14(17)12-5-4-7-15-13(12)16-8-6-11(3)9-16/h4-5,7,10-11H,6,8-9H2,1-3H3. The third kappa shape index (κ3) is 2.81. The van der Waals surface area contributed by atoms with Crippen LogP contribution in [0.3, 0.4) is 0 Å². The zero-order valence-electron chi connectivity index (χ0n) is 11.2. The number of hydrogen-bond acceptors (Lipinski definition) is 4. The molecule has 0 N–H and O–H groups in total. The molecule has 0 aromatic carbocycles. The molecule has 2 rings (SSSR count). The van der Waals surface area contributed by atoms with Crippen LogP contribution in [0.2, 0.25) is 0 Å². The monoisotopic (exact) mass is 248 g/mol. The van der Waals surface area contributed by atoms with Crippen LogP contribution in [0.4, 0.5) is 5.82 Å². The summed E-state index contributed by atoms with van der Waals surface area (Å²) in [5.41, 5.74) is 0.570. The van der Waals surface area contributed by atoms with Crippen LogP contribution in [0, 0.1) is 5.92 Å². The number of anilines is 1. The minimum absolute atomic E-state index is 0.108. The van der Waals surface area contributed by atoms with Crippen molar-refractivity contribution in [3.8, 4) is 0 Å². The second-order valence-electron chi connectivity index (χ2n) is 5.17. The number of nitrogens with zero attached hydrogens (tertiary/aromatic N) is 2. The lowest BCUT2D eigenvalue weighted by atomic mass is 10.2.